The fourth-order valence-corrected chi connectivity index (χ4v) is 5.27. The Kier molecular flexibility index (Phi) is 8.07. The first-order valence-corrected chi connectivity index (χ1v) is 12.8. The number of rotatable bonds is 7. The van der Waals surface area contributed by atoms with Crippen molar-refractivity contribution in [1.82, 2.24) is 25.6 Å². The Labute approximate surface area is 209 Å². The van der Waals surface area contributed by atoms with Gasteiger partial charge in [0.05, 0.1) is 12.4 Å². The maximum atomic E-state index is 12.8. The fraction of sp³-hybridized carbons (Fsp3) is 0.385. The normalized spacial score (nSPS) is 18.5. The molecule has 0 radical (unpaired) electrons. The number of aromatic nitrogens is 3. The van der Waals surface area contributed by atoms with Crippen molar-refractivity contribution in [3.05, 3.63) is 60.2 Å². The maximum absolute atomic E-state index is 12.8. The highest BCUT2D eigenvalue weighted by atomic mass is 32.2. The number of ether oxygens (including phenoxy) is 1. The van der Waals surface area contributed by atoms with Crippen molar-refractivity contribution in [3.8, 4) is 17.1 Å². The molecule has 184 valence electrons. The third-order valence-electron chi connectivity index (χ3n) is 6.40. The van der Waals surface area contributed by atoms with Crippen molar-refractivity contribution in [1.29, 1.82) is 0 Å². The largest absolute Gasteiger partial charge is 0.497 e. The van der Waals surface area contributed by atoms with Crippen LogP contribution >= 0.6 is 11.8 Å². The molecule has 1 heterocycles. The lowest BCUT2D eigenvalue weighted by Gasteiger charge is -2.31. The molecule has 2 N–H and O–H groups in total. The van der Waals surface area contributed by atoms with Gasteiger partial charge in [0.25, 0.3) is 11.8 Å². The first-order valence-electron chi connectivity index (χ1n) is 11.9. The second-order valence-corrected chi connectivity index (χ2v) is 10.1. The monoisotopic (exact) mass is 493 g/mol. The van der Waals surface area contributed by atoms with E-state index in [0.717, 1.165) is 36.4 Å². The number of amides is 2. The molecule has 8 nitrogen and oxygen atoms in total. The van der Waals surface area contributed by atoms with Gasteiger partial charge in [-0.15, -0.1) is 10.2 Å². The molecule has 0 aliphatic heterocycles. The van der Waals surface area contributed by atoms with Gasteiger partial charge in [-0.25, -0.2) is 0 Å². The number of hydrogen-bond donors (Lipinski definition) is 2. The number of hydrogen-bond acceptors (Lipinski definition) is 6. The van der Waals surface area contributed by atoms with Crippen LogP contribution in [0, 0.1) is 5.92 Å². The number of benzene rings is 2. The molecule has 1 aliphatic carbocycles. The molecular weight excluding hydrogens is 462 g/mol. The van der Waals surface area contributed by atoms with Crippen LogP contribution in [0.2, 0.25) is 0 Å². The average molecular weight is 494 g/mol. The number of thioether (sulfide) groups is 1. The van der Waals surface area contributed by atoms with Gasteiger partial charge in [-0.1, -0.05) is 49.7 Å². The standard InChI is InChI=1S/C26H31N5O3S/c1-17-9-7-8-12-22(17)31-23(19-13-15-21(34-3)16-14-19)27-30-26(31)35-18(2)24(32)28-29-25(33)20-10-5-4-6-11-20/h4-6,10-11,13-18,22H,7-9,12H2,1-3H3,(H,28,32)(H,29,33)/t17-,18-,22-/m1/s1. The summed E-state index contributed by atoms with van der Waals surface area (Å²) < 4.78 is 7.50. The summed E-state index contributed by atoms with van der Waals surface area (Å²) in [7, 11) is 1.64. The quantitative estimate of drug-likeness (QED) is 0.367. The number of nitrogens with zero attached hydrogens (tertiary/aromatic N) is 3. The molecular formula is C26H31N5O3S. The minimum atomic E-state index is -0.489. The molecule has 3 aromatic rings. The Morgan fingerprint density at radius 3 is 2.43 bits per heavy atom. The minimum Gasteiger partial charge on any atom is -0.497 e. The van der Waals surface area contributed by atoms with E-state index < -0.39 is 5.25 Å². The van der Waals surface area contributed by atoms with Gasteiger partial charge in [-0.05, 0) is 62.1 Å². The number of carbonyl (C=O) groups excluding carboxylic acids is 2. The summed E-state index contributed by atoms with van der Waals surface area (Å²) in [6.07, 6.45) is 4.57. The van der Waals surface area contributed by atoms with Crippen molar-refractivity contribution in [2.24, 2.45) is 5.92 Å². The Morgan fingerprint density at radius 2 is 1.74 bits per heavy atom. The molecule has 35 heavy (non-hydrogen) atoms. The summed E-state index contributed by atoms with van der Waals surface area (Å²) in [4.78, 5) is 25.0. The lowest BCUT2D eigenvalue weighted by atomic mass is 9.85. The van der Waals surface area contributed by atoms with Gasteiger partial charge in [-0.3, -0.25) is 25.0 Å². The van der Waals surface area contributed by atoms with Crippen LogP contribution in [0.15, 0.2) is 59.8 Å². The van der Waals surface area contributed by atoms with E-state index >= 15 is 0 Å². The maximum Gasteiger partial charge on any atom is 0.269 e. The number of hydrazine groups is 1. The van der Waals surface area contributed by atoms with Crippen molar-refractivity contribution in [2.75, 3.05) is 7.11 Å². The first kappa shape index (κ1) is 24.8. The van der Waals surface area contributed by atoms with E-state index in [9.17, 15) is 9.59 Å². The van der Waals surface area contributed by atoms with Gasteiger partial charge >= 0.3 is 0 Å². The molecule has 4 rings (SSSR count). The molecule has 9 heteroatoms. The summed E-state index contributed by atoms with van der Waals surface area (Å²) in [5, 5.41) is 9.23. The smallest absolute Gasteiger partial charge is 0.269 e. The Hall–Kier alpha value is -3.33. The van der Waals surface area contributed by atoms with E-state index in [1.54, 1.807) is 38.3 Å². The predicted octanol–water partition coefficient (Wildman–Crippen LogP) is 4.65. The number of methoxy groups -OCH3 is 1. The Bertz CT molecular complexity index is 1150. The molecule has 1 aliphatic rings. The minimum absolute atomic E-state index is 0.256. The van der Waals surface area contributed by atoms with Crippen LogP contribution in [0.4, 0.5) is 0 Å². The van der Waals surface area contributed by atoms with Gasteiger partial charge in [0.15, 0.2) is 11.0 Å². The molecule has 0 unspecified atom stereocenters. The molecule has 2 aromatic carbocycles. The fourth-order valence-electron chi connectivity index (χ4n) is 4.37. The summed E-state index contributed by atoms with van der Waals surface area (Å²) in [6, 6.07) is 16.8. The van der Waals surface area contributed by atoms with Crippen molar-refractivity contribution >= 4 is 23.6 Å². The van der Waals surface area contributed by atoms with Crippen LogP contribution in [-0.2, 0) is 4.79 Å². The van der Waals surface area contributed by atoms with Crippen LogP contribution < -0.4 is 15.6 Å². The average Bonchev–Trinajstić information content (AvgIpc) is 3.30. The van der Waals surface area contributed by atoms with Gasteiger partial charge in [0.1, 0.15) is 5.75 Å². The van der Waals surface area contributed by atoms with Crippen LogP contribution in [0.3, 0.4) is 0 Å². The zero-order valence-corrected chi connectivity index (χ0v) is 21.0. The molecule has 1 saturated carbocycles. The molecule has 0 spiro atoms. The van der Waals surface area contributed by atoms with Crippen molar-refractivity contribution in [2.45, 2.75) is 56.0 Å². The van der Waals surface area contributed by atoms with Gasteiger partial charge in [0.2, 0.25) is 0 Å². The zero-order chi connectivity index (χ0) is 24.8. The molecule has 3 atom stereocenters. The third kappa shape index (κ3) is 5.85. The highest BCUT2D eigenvalue weighted by Crippen LogP contribution is 2.39. The summed E-state index contributed by atoms with van der Waals surface area (Å²) in [6.45, 7) is 4.07. The van der Waals surface area contributed by atoms with E-state index in [1.807, 2.05) is 30.3 Å². The second kappa shape index (κ2) is 11.4. The highest BCUT2D eigenvalue weighted by Gasteiger charge is 2.30. The van der Waals surface area contributed by atoms with Gasteiger partial charge < -0.3 is 4.74 Å². The number of carbonyl (C=O) groups is 2. The lowest BCUT2D eigenvalue weighted by Crippen LogP contribution is -2.45. The first-order chi connectivity index (χ1) is 17.0. The third-order valence-corrected chi connectivity index (χ3v) is 7.45. The van der Waals surface area contributed by atoms with Gasteiger partial charge in [-0.2, -0.15) is 0 Å². The molecule has 0 saturated heterocycles. The SMILES string of the molecule is COc1ccc(-c2nnc(S[C@H](C)C(=O)NNC(=O)c3ccccc3)n2[C@@H]2CCCC[C@H]2C)cc1. The second-order valence-electron chi connectivity index (χ2n) is 8.80. The van der Waals surface area contributed by atoms with Crippen LogP contribution in [0.25, 0.3) is 11.4 Å². The lowest BCUT2D eigenvalue weighted by molar-refractivity contribution is -0.121. The van der Waals surface area contributed by atoms with Crippen LogP contribution in [0.1, 0.15) is 55.9 Å². The van der Waals surface area contributed by atoms with Crippen LogP contribution in [0.5, 0.6) is 5.75 Å². The molecule has 0 bridgehead atoms. The van der Waals surface area contributed by atoms with E-state index in [0.29, 0.717) is 16.6 Å². The van der Waals surface area contributed by atoms with E-state index in [4.69, 9.17) is 4.74 Å². The van der Waals surface area contributed by atoms with E-state index in [2.05, 4.69) is 32.5 Å². The number of nitrogens with one attached hydrogen (secondary N) is 2. The van der Waals surface area contributed by atoms with Gasteiger partial charge in [0, 0.05) is 17.2 Å². The molecule has 1 aromatic heterocycles. The van der Waals surface area contributed by atoms with Crippen LogP contribution in [-0.4, -0.2) is 38.9 Å². The topological polar surface area (TPSA) is 98.1 Å². The Morgan fingerprint density at radius 1 is 1.03 bits per heavy atom. The van der Waals surface area contributed by atoms with Crippen molar-refractivity contribution < 1.29 is 14.3 Å². The van der Waals surface area contributed by atoms with E-state index in [-0.39, 0.29) is 17.9 Å². The summed E-state index contributed by atoms with van der Waals surface area (Å²) in [5.41, 5.74) is 6.44. The summed E-state index contributed by atoms with van der Waals surface area (Å²) >= 11 is 1.35. The molecule has 1 fully saturated rings. The van der Waals surface area contributed by atoms with E-state index in [1.165, 1.54) is 18.2 Å². The zero-order valence-electron chi connectivity index (χ0n) is 20.2. The molecule has 2 amide bonds. The van der Waals surface area contributed by atoms with Crippen molar-refractivity contribution in [3.63, 3.8) is 0 Å². The Balaban J connectivity index is 1.52. The predicted molar refractivity (Wildman–Crippen MR) is 136 cm³/mol. The summed E-state index contributed by atoms with van der Waals surface area (Å²) in [5.74, 6) is 1.38. The highest BCUT2D eigenvalue weighted by molar-refractivity contribution is 8.00.